The molecular weight excluding hydrogens is 573 g/mol. The molecule has 6 heteroatoms. The zero-order valence-corrected chi connectivity index (χ0v) is 26.3. The fraction of sp³-hybridized carbons (Fsp3) is 0.405. The van der Waals surface area contributed by atoms with Crippen LogP contribution in [0, 0.1) is 0 Å². The monoisotopic (exact) mass is 612 g/mol. The second kappa shape index (κ2) is 11.9. The summed E-state index contributed by atoms with van der Waals surface area (Å²) in [5, 5.41) is 1.17. The van der Waals surface area contributed by atoms with Crippen molar-refractivity contribution >= 4 is 29.0 Å². The first-order valence-corrected chi connectivity index (χ1v) is 16.7. The van der Waals surface area contributed by atoms with Gasteiger partial charge in [0.2, 0.25) is 5.78 Å². The van der Waals surface area contributed by atoms with E-state index in [-0.39, 0.29) is 11.7 Å². The Bertz CT molecular complexity index is 1600. The molecule has 3 aromatic carbocycles. The maximum absolute atomic E-state index is 13.6. The van der Waals surface area contributed by atoms with E-state index >= 15 is 0 Å². The fourth-order valence-electron chi connectivity index (χ4n) is 8.17. The molecule has 0 saturated carbocycles. The molecule has 1 N–H and O–H groups in total. The van der Waals surface area contributed by atoms with Crippen molar-refractivity contribution in [2.24, 2.45) is 0 Å². The van der Waals surface area contributed by atoms with Crippen molar-refractivity contribution in [1.82, 2.24) is 9.97 Å². The summed E-state index contributed by atoms with van der Waals surface area (Å²) in [7, 11) is 0. The number of nitrogens with one attached hydrogen (secondary N) is 1. The Morgan fingerprint density at radius 2 is 1.67 bits per heavy atom. The number of nitrogens with zero attached hydrogens (tertiary/aromatic N) is 2. The van der Waals surface area contributed by atoms with E-state index in [9.17, 15) is 4.79 Å². The molecule has 4 heterocycles. The van der Waals surface area contributed by atoms with Gasteiger partial charge in [-0.15, -0.1) is 0 Å². The first-order chi connectivity index (χ1) is 20.9. The summed E-state index contributed by atoms with van der Waals surface area (Å²) in [6, 6.07) is 23.4. The van der Waals surface area contributed by atoms with E-state index in [0.29, 0.717) is 21.3 Å². The van der Waals surface area contributed by atoms with E-state index in [1.165, 1.54) is 72.1 Å². The van der Waals surface area contributed by atoms with Gasteiger partial charge in [0, 0.05) is 48.6 Å². The lowest BCUT2D eigenvalue weighted by molar-refractivity contribution is -0.943. The zero-order valence-electron chi connectivity index (χ0n) is 24.8. The summed E-state index contributed by atoms with van der Waals surface area (Å²) in [4.78, 5) is 21.6. The third kappa shape index (κ3) is 5.70. The Morgan fingerprint density at radius 1 is 0.907 bits per heavy atom. The second-order valence-electron chi connectivity index (χ2n) is 13.2. The minimum absolute atomic E-state index is 0.00189. The van der Waals surface area contributed by atoms with Crippen molar-refractivity contribution in [2.45, 2.75) is 69.1 Å². The van der Waals surface area contributed by atoms with E-state index in [1.807, 2.05) is 30.5 Å². The second-order valence-corrected chi connectivity index (χ2v) is 14.0. The predicted octanol–water partition coefficient (Wildman–Crippen LogP) is 8.50. The van der Waals surface area contributed by atoms with Gasteiger partial charge in [0.25, 0.3) is 0 Å². The molecule has 4 nitrogen and oxygen atoms in total. The summed E-state index contributed by atoms with van der Waals surface area (Å²) in [6.07, 6.45) is 11.8. The Labute approximate surface area is 265 Å². The van der Waals surface area contributed by atoms with E-state index in [0.717, 1.165) is 49.9 Å². The van der Waals surface area contributed by atoms with Crippen molar-refractivity contribution in [2.75, 3.05) is 26.2 Å². The number of imidazole rings is 1. The number of aryl methyl sites for hydroxylation is 1. The first-order valence-electron chi connectivity index (χ1n) is 16.0. The van der Waals surface area contributed by atoms with Crippen molar-refractivity contribution in [3.05, 3.63) is 122 Å². The minimum Gasteiger partial charge on any atom is -0.339 e. The van der Waals surface area contributed by atoms with Crippen molar-refractivity contribution < 1.29 is 9.28 Å². The molecule has 1 atom stereocenters. The van der Waals surface area contributed by atoms with Gasteiger partial charge < -0.3 is 9.47 Å². The number of fused-ring (bicyclic) bond motifs is 4. The number of piperidine rings is 3. The van der Waals surface area contributed by atoms with Crippen LogP contribution in [-0.4, -0.2) is 46.4 Å². The molecule has 1 aliphatic carbocycles. The average Bonchev–Trinajstić information content (AvgIpc) is 3.54. The van der Waals surface area contributed by atoms with Crippen molar-refractivity contribution in [3.8, 4) is 0 Å². The lowest BCUT2D eigenvalue weighted by Gasteiger charge is -2.55. The predicted molar refractivity (Wildman–Crippen MR) is 174 cm³/mol. The molecule has 8 rings (SSSR count). The Hall–Kier alpha value is -2.92. The van der Waals surface area contributed by atoms with Crippen LogP contribution >= 0.6 is 23.2 Å². The van der Waals surface area contributed by atoms with Crippen LogP contribution < -0.4 is 0 Å². The summed E-state index contributed by atoms with van der Waals surface area (Å²) in [5.74, 6) is 0.684. The number of ketones is 1. The standard InChI is InChI=1S/C37H39Cl2N3O/c38-33-14-13-27(24-34(33)39)28(15-19-42-20-16-37(17-21-42,18-22-42)29-9-2-1-3-10-29)23-30-25-40-36(41-30)35(43)32-12-6-8-26-7-4-5-11-31(26)32/h1-3,6,8-10,12-14,24-25,28H,4-5,7,11,15-23H2/p+1/t28-,37?,42?/m1/s1. The molecule has 1 aromatic heterocycles. The lowest BCUT2D eigenvalue weighted by Crippen LogP contribution is -2.63. The SMILES string of the molecule is O=C(c1ncc(C[C@@H](CC[N+]23CCC(c4ccccc4)(CC2)CC3)c2ccc(Cl)c(Cl)c2)[nH]1)c1cccc2c1CCCC2. The van der Waals surface area contributed by atoms with E-state index in [2.05, 4.69) is 52.4 Å². The summed E-state index contributed by atoms with van der Waals surface area (Å²) < 4.78 is 1.21. The van der Waals surface area contributed by atoms with Crippen LogP contribution in [0.3, 0.4) is 0 Å². The zero-order chi connectivity index (χ0) is 29.4. The molecule has 0 spiro atoms. The number of carbonyl (C=O) groups is 1. The minimum atomic E-state index is -0.00189. The number of carbonyl (C=O) groups excluding carboxylic acids is 1. The number of rotatable bonds is 9. The summed E-state index contributed by atoms with van der Waals surface area (Å²) >= 11 is 12.8. The molecular formula is C37H40Cl2N3O+. The third-order valence-corrected chi connectivity index (χ3v) is 11.6. The number of hydrogen-bond acceptors (Lipinski definition) is 2. The largest absolute Gasteiger partial charge is 0.339 e. The van der Waals surface area contributed by atoms with Gasteiger partial charge in [-0.25, -0.2) is 4.98 Å². The van der Waals surface area contributed by atoms with E-state index in [4.69, 9.17) is 23.2 Å². The van der Waals surface area contributed by atoms with Crippen molar-refractivity contribution in [3.63, 3.8) is 0 Å². The van der Waals surface area contributed by atoms with Gasteiger partial charge in [-0.3, -0.25) is 4.79 Å². The molecule has 43 heavy (non-hydrogen) atoms. The number of halogens is 2. The molecule has 4 aliphatic rings. The third-order valence-electron chi connectivity index (χ3n) is 10.9. The van der Waals surface area contributed by atoms with Gasteiger partial charge in [-0.05, 0) is 72.4 Å². The molecule has 3 saturated heterocycles. The highest BCUT2D eigenvalue weighted by molar-refractivity contribution is 6.42. The highest BCUT2D eigenvalue weighted by Gasteiger charge is 2.49. The molecule has 0 unspecified atom stereocenters. The Morgan fingerprint density at radius 3 is 2.44 bits per heavy atom. The molecule has 4 aromatic rings. The quantitative estimate of drug-likeness (QED) is 0.152. The van der Waals surface area contributed by atoms with Crippen molar-refractivity contribution in [1.29, 1.82) is 0 Å². The van der Waals surface area contributed by atoms with E-state index < -0.39 is 0 Å². The van der Waals surface area contributed by atoms with Gasteiger partial charge in [0.05, 0.1) is 36.2 Å². The maximum Gasteiger partial charge on any atom is 0.228 e. The van der Waals surface area contributed by atoms with Gasteiger partial charge >= 0.3 is 0 Å². The number of aromatic nitrogens is 2. The van der Waals surface area contributed by atoms with Crippen LogP contribution in [0.4, 0.5) is 0 Å². The number of H-pyrrole nitrogens is 1. The number of hydrogen-bond donors (Lipinski definition) is 1. The topological polar surface area (TPSA) is 45.8 Å². The van der Waals surface area contributed by atoms with Crippen LogP contribution in [-0.2, 0) is 24.7 Å². The van der Waals surface area contributed by atoms with Crippen LogP contribution in [0.2, 0.25) is 10.0 Å². The molecule has 222 valence electrons. The number of benzene rings is 3. The highest BCUT2D eigenvalue weighted by Crippen LogP contribution is 2.46. The van der Waals surface area contributed by atoms with Crippen LogP contribution in [0.1, 0.15) is 88.6 Å². The van der Waals surface area contributed by atoms with Crippen LogP contribution in [0.15, 0.2) is 72.9 Å². The van der Waals surface area contributed by atoms with Gasteiger partial charge in [0.1, 0.15) is 0 Å². The average molecular weight is 614 g/mol. The molecule has 2 bridgehead atoms. The smallest absolute Gasteiger partial charge is 0.228 e. The maximum atomic E-state index is 13.6. The van der Waals surface area contributed by atoms with Gasteiger partial charge in [-0.2, -0.15) is 0 Å². The van der Waals surface area contributed by atoms with Crippen LogP contribution in [0.5, 0.6) is 0 Å². The summed E-state index contributed by atoms with van der Waals surface area (Å²) in [6.45, 7) is 4.87. The number of aromatic amines is 1. The Kier molecular flexibility index (Phi) is 7.96. The normalized spacial score (nSPS) is 23.6. The molecule has 0 amide bonds. The molecule has 3 fully saturated rings. The van der Waals surface area contributed by atoms with Gasteiger partial charge in [0.15, 0.2) is 5.82 Å². The van der Waals surface area contributed by atoms with Crippen LogP contribution in [0.25, 0.3) is 0 Å². The van der Waals surface area contributed by atoms with Gasteiger partial charge in [-0.1, -0.05) is 77.8 Å². The Balaban J connectivity index is 1.09. The first kappa shape index (κ1) is 28.8. The summed E-state index contributed by atoms with van der Waals surface area (Å²) in [5.41, 5.74) is 7.40. The highest BCUT2D eigenvalue weighted by atomic mass is 35.5. The molecule has 0 radical (unpaired) electrons. The number of quaternary nitrogens is 1. The fourth-order valence-corrected chi connectivity index (χ4v) is 8.48. The molecule has 3 aliphatic heterocycles. The van der Waals surface area contributed by atoms with E-state index in [1.54, 1.807) is 0 Å². The lowest BCUT2D eigenvalue weighted by atomic mass is 9.66.